The molecule has 1 aromatic rings. The van der Waals surface area contributed by atoms with Crippen LogP contribution >= 0.6 is 0 Å². The van der Waals surface area contributed by atoms with Crippen molar-refractivity contribution in [2.75, 3.05) is 6.54 Å². The molecule has 0 aromatic carbocycles. The van der Waals surface area contributed by atoms with E-state index >= 15 is 0 Å². The zero-order valence-corrected chi connectivity index (χ0v) is 6.68. The zero-order chi connectivity index (χ0) is 9.19. The molecule has 0 amide bonds. The van der Waals surface area contributed by atoms with E-state index in [2.05, 4.69) is 9.40 Å². The van der Waals surface area contributed by atoms with Crippen molar-refractivity contribution in [1.82, 2.24) is 4.98 Å². The van der Waals surface area contributed by atoms with Crippen molar-refractivity contribution in [3.05, 3.63) is 17.8 Å². The second kappa shape index (κ2) is 3.18. The average molecular weight is 176 g/mol. The molecule has 0 aliphatic heterocycles. The van der Waals surface area contributed by atoms with Crippen molar-refractivity contribution in [1.29, 1.82) is 0 Å². The first-order chi connectivity index (χ1) is 5.60. The summed E-state index contributed by atoms with van der Waals surface area (Å²) in [4.78, 5) is 3.57. The number of aromatic nitrogens is 1. The molecule has 68 valence electrons. The van der Waals surface area contributed by atoms with Crippen molar-refractivity contribution in [3.63, 3.8) is 0 Å². The van der Waals surface area contributed by atoms with E-state index in [-0.39, 0.29) is 0 Å². The Labute approximate surface area is 68.6 Å². The van der Waals surface area contributed by atoms with Crippen LogP contribution in [0.1, 0.15) is 18.5 Å². The first-order valence-electron chi connectivity index (χ1n) is 3.63. The minimum absolute atomic E-state index is 0.512. The lowest BCUT2D eigenvalue weighted by Crippen LogP contribution is -2.25. The van der Waals surface area contributed by atoms with Crippen LogP contribution in [0, 0.1) is 0 Å². The largest absolute Gasteiger partial charge is 0.443 e. The van der Waals surface area contributed by atoms with Gasteiger partial charge in [0.25, 0.3) is 5.89 Å². The smallest absolute Gasteiger partial charge is 0.334 e. The van der Waals surface area contributed by atoms with Gasteiger partial charge in [0.2, 0.25) is 0 Å². The number of aryl methyl sites for hydroxylation is 1. The van der Waals surface area contributed by atoms with Crippen molar-refractivity contribution in [2.45, 2.75) is 19.3 Å². The van der Waals surface area contributed by atoms with Crippen LogP contribution in [0.25, 0.3) is 0 Å². The number of rotatable bonds is 3. The molecule has 0 saturated heterocycles. The summed E-state index contributed by atoms with van der Waals surface area (Å²) in [5, 5.41) is 0. The third-order valence-electron chi connectivity index (χ3n) is 1.48. The molecule has 1 rings (SSSR count). The van der Waals surface area contributed by atoms with Crippen LogP contribution in [-0.4, -0.2) is 11.5 Å². The fourth-order valence-corrected chi connectivity index (χ4v) is 0.725. The zero-order valence-electron chi connectivity index (χ0n) is 6.68. The lowest BCUT2D eigenvalue weighted by molar-refractivity contribution is -0.0213. The number of nitrogens with two attached hydrogens (primary N) is 1. The number of halogens is 2. The first kappa shape index (κ1) is 9.12. The van der Waals surface area contributed by atoms with Crippen LogP contribution in [-0.2, 0) is 12.3 Å². The predicted molar refractivity (Wildman–Crippen MR) is 38.8 cm³/mol. The second-order valence-electron chi connectivity index (χ2n) is 2.41. The highest BCUT2D eigenvalue weighted by Gasteiger charge is 2.35. The SMILES string of the molecule is CCc1coc(C(F)(F)CN)n1. The normalized spacial score (nSPS) is 12.0. The van der Waals surface area contributed by atoms with Crippen LogP contribution in [0.15, 0.2) is 10.7 Å². The molecule has 3 nitrogen and oxygen atoms in total. The maximum absolute atomic E-state index is 12.8. The Kier molecular flexibility index (Phi) is 2.42. The summed E-state index contributed by atoms with van der Waals surface area (Å²) < 4.78 is 30.1. The van der Waals surface area contributed by atoms with Crippen molar-refractivity contribution >= 4 is 0 Å². The average Bonchev–Trinajstić information content (AvgIpc) is 2.52. The topological polar surface area (TPSA) is 52.0 Å². The quantitative estimate of drug-likeness (QED) is 0.754. The molecule has 2 N–H and O–H groups in total. The molecule has 0 atom stereocenters. The van der Waals surface area contributed by atoms with Gasteiger partial charge in [-0.25, -0.2) is 4.98 Å². The number of nitrogens with zero attached hydrogens (tertiary/aromatic N) is 1. The lowest BCUT2D eigenvalue weighted by atomic mass is 10.3. The molecule has 0 radical (unpaired) electrons. The molecule has 0 fully saturated rings. The lowest BCUT2D eigenvalue weighted by Gasteiger charge is -2.07. The maximum Gasteiger partial charge on any atom is 0.334 e. The van der Waals surface area contributed by atoms with E-state index in [1.165, 1.54) is 6.26 Å². The molecule has 1 aromatic heterocycles. The molecule has 12 heavy (non-hydrogen) atoms. The number of hydrogen-bond donors (Lipinski definition) is 1. The van der Waals surface area contributed by atoms with Crippen molar-refractivity contribution < 1.29 is 13.2 Å². The van der Waals surface area contributed by atoms with Gasteiger partial charge in [-0.15, -0.1) is 0 Å². The first-order valence-corrected chi connectivity index (χ1v) is 3.63. The predicted octanol–water partition coefficient (Wildman–Crippen LogP) is 1.29. The van der Waals surface area contributed by atoms with E-state index in [0.29, 0.717) is 12.1 Å². The highest BCUT2D eigenvalue weighted by atomic mass is 19.3. The summed E-state index contributed by atoms with van der Waals surface area (Å²) in [5.74, 6) is -3.74. The summed E-state index contributed by atoms with van der Waals surface area (Å²) in [6.07, 6.45) is 1.79. The minimum atomic E-state index is -3.15. The van der Waals surface area contributed by atoms with Gasteiger partial charge in [0.1, 0.15) is 6.26 Å². The molecule has 5 heteroatoms. The van der Waals surface area contributed by atoms with Crippen LogP contribution in [0.2, 0.25) is 0 Å². The maximum atomic E-state index is 12.8. The summed E-state index contributed by atoms with van der Waals surface area (Å²) in [7, 11) is 0. The molecule has 0 saturated carbocycles. The Bertz CT molecular complexity index is 260. The molecule has 1 heterocycles. The van der Waals surface area contributed by atoms with Crippen LogP contribution in [0.3, 0.4) is 0 Å². The third-order valence-corrected chi connectivity index (χ3v) is 1.48. The molecule has 0 aliphatic carbocycles. The van der Waals surface area contributed by atoms with Crippen LogP contribution < -0.4 is 5.73 Å². The number of hydrogen-bond acceptors (Lipinski definition) is 3. The van der Waals surface area contributed by atoms with Gasteiger partial charge in [0.15, 0.2) is 0 Å². The second-order valence-corrected chi connectivity index (χ2v) is 2.41. The molecule has 0 unspecified atom stereocenters. The Morgan fingerprint density at radius 3 is 2.75 bits per heavy atom. The highest BCUT2D eigenvalue weighted by Crippen LogP contribution is 2.25. The summed E-state index contributed by atoms with van der Waals surface area (Å²) in [6.45, 7) is 1.03. The van der Waals surface area contributed by atoms with Crippen LogP contribution in [0.5, 0.6) is 0 Å². The Balaban J connectivity index is 2.88. The monoisotopic (exact) mass is 176 g/mol. The molecule has 0 bridgehead atoms. The summed E-state index contributed by atoms with van der Waals surface area (Å²) in [6, 6.07) is 0. The van der Waals surface area contributed by atoms with Gasteiger partial charge in [-0.1, -0.05) is 6.92 Å². The van der Waals surface area contributed by atoms with Crippen molar-refractivity contribution in [3.8, 4) is 0 Å². The summed E-state index contributed by atoms with van der Waals surface area (Å²) >= 11 is 0. The van der Waals surface area contributed by atoms with E-state index < -0.39 is 18.4 Å². The standard InChI is InChI=1S/C7H10F2N2O/c1-2-5-3-12-6(11-5)7(8,9)4-10/h3H,2,4,10H2,1H3. The van der Waals surface area contributed by atoms with Gasteiger partial charge in [-0.3, -0.25) is 0 Å². The van der Waals surface area contributed by atoms with Gasteiger partial charge in [0.05, 0.1) is 12.2 Å². The fraction of sp³-hybridized carbons (Fsp3) is 0.571. The molecular formula is C7H10F2N2O. The van der Waals surface area contributed by atoms with E-state index in [1.54, 1.807) is 0 Å². The Hall–Kier alpha value is -0.970. The van der Waals surface area contributed by atoms with E-state index in [0.717, 1.165) is 0 Å². The molecule has 0 spiro atoms. The minimum Gasteiger partial charge on any atom is -0.443 e. The third kappa shape index (κ3) is 1.61. The Morgan fingerprint density at radius 2 is 2.33 bits per heavy atom. The van der Waals surface area contributed by atoms with Gasteiger partial charge >= 0.3 is 5.92 Å². The number of oxazole rings is 1. The van der Waals surface area contributed by atoms with Gasteiger partial charge in [-0.05, 0) is 6.42 Å². The van der Waals surface area contributed by atoms with Gasteiger partial charge < -0.3 is 10.2 Å². The van der Waals surface area contributed by atoms with Gasteiger partial charge in [-0.2, -0.15) is 8.78 Å². The molecule has 0 aliphatic rings. The highest BCUT2D eigenvalue weighted by molar-refractivity contribution is 5.01. The molecular weight excluding hydrogens is 166 g/mol. The van der Waals surface area contributed by atoms with E-state index in [9.17, 15) is 8.78 Å². The summed E-state index contributed by atoms with van der Waals surface area (Å²) in [5.41, 5.74) is 5.35. The fourth-order valence-electron chi connectivity index (χ4n) is 0.725. The van der Waals surface area contributed by atoms with Crippen LogP contribution in [0.4, 0.5) is 8.78 Å². The number of alkyl halides is 2. The Morgan fingerprint density at radius 1 is 1.67 bits per heavy atom. The van der Waals surface area contributed by atoms with Gasteiger partial charge in [0, 0.05) is 0 Å². The van der Waals surface area contributed by atoms with E-state index in [4.69, 9.17) is 5.73 Å². The van der Waals surface area contributed by atoms with E-state index in [1.807, 2.05) is 6.92 Å². The van der Waals surface area contributed by atoms with Crippen molar-refractivity contribution in [2.24, 2.45) is 5.73 Å².